The summed E-state index contributed by atoms with van der Waals surface area (Å²) >= 11 is 0. The average molecular weight is 1100 g/mol. The SMILES string of the molecule is C.CC[C@H](C)[C@H](NC(=O)[C@@H](CCCN=C(N)N)NC(=O)[C@H](CC(C)C)NC(=O)[C@@H](NC(=O)OC(C)(C)C)[C@H](O)C(C)C)C(=O)N[C@H](C(=O)NCC(=O)N[C@@H](CC(N)=O)C(=O)N[C@@H](CO)C(=O)OCc1ccccc1)[C@H](C)O. The van der Waals surface area contributed by atoms with Crippen LogP contribution >= 0.6 is 0 Å². The predicted molar refractivity (Wildman–Crippen MR) is 283 cm³/mol. The number of hydrogen-bond acceptors (Lipinski definition) is 16. The molecule has 1 rings (SSSR count). The molecule has 0 spiro atoms. The molecule has 0 aliphatic rings. The van der Waals surface area contributed by atoms with Gasteiger partial charge in [0.15, 0.2) is 12.0 Å². The van der Waals surface area contributed by atoms with Gasteiger partial charge in [-0.15, -0.1) is 0 Å². The highest BCUT2D eigenvalue weighted by Crippen LogP contribution is 2.15. The number of nitrogens with two attached hydrogens (primary N) is 3. The first-order chi connectivity index (χ1) is 35.4. The van der Waals surface area contributed by atoms with Gasteiger partial charge in [-0.25, -0.2) is 9.59 Å². The predicted octanol–water partition coefficient (Wildman–Crippen LogP) is -2.30. The van der Waals surface area contributed by atoms with E-state index >= 15 is 0 Å². The lowest BCUT2D eigenvalue weighted by molar-refractivity contribution is -0.150. The summed E-state index contributed by atoms with van der Waals surface area (Å²) in [5.41, 5.74) is 15.9. The van der Waals surface area contributed by atoms with Crippen molar-refractivity contribution in [3.05, 3.63) is 35.9 Å². The number of hydrogen-bond donors (Lipinski definition) is 14. The number of aliphatic hydroxyl groups is 3. The molecule has 0 aliphatic carbocycles. The number of benzene rings is 1. The molecule has 10 atom stereocenters. The largest absolute Gasteiger partial charge is 0.459 e. The van der Waals surface area contributed by atoms with E-state index in [1.807, 2.05) is 0 Å². The van der Waals surface area contributed by atoms with Crippen LogP contribution in [-0.2, 0) is 59.2 Å². The third kappa shape index (κ3) is 27.0. The van der Waals surface area contributed by atoms with Crippen LogP contribution in [0.1, 0.15) is 114 Å². The van der Waals surface area contributed by atoms with Crippen molar-refractivity contribution in [3.63, 3.8) is 0 Å². The van der Waals surface area contributed by atoms with Gasteiger partial charge < -0.3 is 84.5 Å². The van der Waals surface area contributed by atoms with Crippen molar-refractivity contribution >= 4 is 65.3 Å². The number of aliphatic hydroxyl groups excluding tert-OH is 3. The molecule has 27 nitrogen and oxygen atoms in total. The van der Waals surface area contributed by atoms with Crippen LogP contribution < -0.4 is 59.7 Å². The lowest BCUT2D eigenvalue weighted by Gasteiger charge is -2.31. The third-order valence-electron chi connectivity index (χ3n) is 11.2. The first-order valence-electron chi connectivity index (χ1n) is 25.0. The minimum absolute atomic E-state index is 0. The first kappa shape index (κ1) is 69.9. The van der Waals surface area contributed by atoms with Crippen LogP contribution in [-0.4, -0.2) is 160 Å². The van der Waals surface area contributed by atoms with Gasteiger partial charge in [0.1, 0.15) is 48.5 Å². The van der Waals surface area contributed by atoms with Gasteiger partial charge >= 0.3 is 12.1 Å². The number of esters is 1. The maximum absolute atomic E-state index is 14.2. The molecule has 0 bridgehead atoms. The lowest BCUT2D eigenvalue weighted by Crippen LogP contribution is -2.62. The summed E-state index contributed by atoms with van der Waals surface area (Å²) in [6.07, 6.45) is -4.47. The fourth-order valence-corrected chi connectivity index (χ4v) is 6.95. The van der Waals surface area contributed by atoms with Crippen LogP contribution in [0.5, 0.6) is 0 Å². The molecule has 0 aromatic heterocycles. The van der Waals surface area contributed by atoms with E-state index in [9.17, 15) is 63.3 Å². The van der Waals surface area contributed by atoms with Gasteiger partial charge in [0.25, 0.3) is 0 Å². The van der Waals surface area contributed by atoms with Gasteiger partial charge in [-0.1, -0.05) is 85.7 Å². The molecule has 0 saturated carbocycles. The average Bonchev–Trinajstić information content (AvgIpc) is 3.33. The Bertz CT molecular complexity index is 2130. The number of ether oxygens (including phenoxy) is 2. The van der Waals surface area contributed by atoms with E-state index in [0.29, 0.717) is 5.56 Å². The van der Waals surface area contributed by atoms with E-state index in [4.69, 9.17) is 26.7 Å². The van der Waals surface area contributed by atoms with Crippen molar-refractivity contribution < 1.29 is 72.7 Å². The summed E-state index contributed by atoms with van der Waals surface area (Å²) in [6, 6.07) is -2.25. The van der Waals surface area contributed by atoms with Crippen LogP contribution in [0.3, 0.4) is 0 Å². The zero-order chi connectivity index (χ0) is 58.0. The first-order valence-corrected chi connectivity index (χ1v) is 25.0. The number of aliphatic imine (C=N–C) groups is 1. The lowest BCUT2D eigenvalue weighted by atomic mass is 9.96. The molecule has 0 fully saturated rings. The molecular formula is C50H86N12O15. The normalized spacial score (nSPS) is 15.1. The second-order valence-corrected chi connectivity index (χ2v) is 20.0. The maximum Gasteiger partial charge on any atom is 0.408 e. The highest BCUT2D eigenvalue weighted by atomic mass is 16.6. The van der Waals surface area contributed by atoms with Gasteiger partial charge in [0.05, 0.1) is 31.8 Å². The Morgan fingerprint density at radius 2 is 1.22 bits per heavy atom. The highest BCUT2D eigenvalue weighted by Gasteiger charge is 2.38. The molecule has 17 N–H and O–H groups in total. The number of carbonyl (C=O) groups is 10. The molecule has 9 amide bonds. The van der Waals surface area contributed by atoms with Crippen LogP contribution in [0.15, 0.2) is 35.3 Å². The van der Waals surface area contributed by atoms with Gasteiger partial charge in [-0.3, -0.25) is 43.3 Å². The van der Waals surface area contributed by atoms with Crippen molar-refractivity contribution in [3.8, 4) is 0 Å². The third-order valence-corrected chi connectivity index (χ3v) is 11.2. The molecule has 0 heterocycles. The molecule has 1 aromatic rings. The van der Waals surface area contributed by atoms with E-state index < -0.39 is 151 Å². The Morgan fingerprint density at radius 3 is 1.74 bits per heavy atom. The summed E-state index contributed by atoms with van der Waals surface area (Å²) < 4.78 is 10.5. The molecule has 1 aromatic carbocycles. The Morgan fingerprint density at radius 1 is 0.675 bits per heavy atom. The van der Waals surface area contributed by atoms with Gasteiger partial charge in [0, 0.05) is 6.54 Å². The van der Waals surface area contributed by atoms with Crippen LogP contribution in [0, 0.1) is 17.8 Å². The monoisotopic (exact) mass is 1090 g/mol. The van der Waals surface area contributed by atoms with Crippen molar-refractivity contribution in [2.45, 2.75) is 175 Å². The number of guanidine groups is 1. The smallest absolute Gasteiger partial charge is 0.408 e. The standard InChI is InChI=1S/C49H82N12O15.CH4/c1-11-27(6)36(44(71)60-37(28(7)63)43(70)54-22-35(65)55-32(21-34(50)64)42(69)58-33(23-62)46(73)75-24-29-16-13-12-14-17-29)59-40(67)30(18-15-19-53-47(51)52)56-41(68)31(20-25(2)3)57-45(72)38(39(66)26(4)5)61-48(74)76-49(8,9)10;/h12-14,16-17,25-28,30-33,36-39,62-63,66H,11,15,18-24H2,1-10H3,(H2,50,64)(H,54,70)(H,55,65)(H,56,68)(H,57,72)(H,58,69)(H,59,67)(H,60,71)(H,61,74)(H4,51,52,53);1H4/t27-,28-,30+,31-,32-,33-,36-,37-,38-,39+;/m0./s1. The second kappa shape index (κ2) is 34.5. The number of carbonyl (C=O) groups excluding carboxylic acids is 10. The molecule has 27 heteroatoms. The second-order valence-electron chi connectivity index (χ2n) is 20.0. The topological polar surface area (TPSA) is 437 Å². The molecule has 0 unspecified atom stereocenters. The van der Waals surface area contributed by atoms with E-state index in [1.165, 1.54) is 0 Å². The Labute approximate surface area is 450 Å². The summed E-state index contributed by atoms with van der Waals surface area (Å²) in [5, 5.41) is 50.7. The van der Waals surface area contributed by atoms with E-state index in [2.05, 4.69) is 47.5 Å². The fraction of sp³-hybridized carbons (Fsp3) is 0.660. The van der Waals surface area contributed by atoms with Crippen LogP contribution in [0.2, 0.25) is 0 Å². The number of amides is 9. The number of alkyl carbamates (subject to hydrolysis) is 1. The number of rotatable bonds is 32. The van der Waals surface area contributed by atoms with E-state index in [-0.39, 0.29) is 58.1 Å². The maximum atomic E-state index is 14.2. The van der Waals surface area contributed by atoms with E-state index in [1.54, 1.807) is 92.6 Å². The van der Waals surface area contributed by atoms with Crippen molar-refractivity contribution in [2.75, 3.05) is 19.7 Å². The number of nitrogens with one attached hydrogen (secondary N) is 8. The molecule has 77 heavy (non-hydrogen) atoms. The zero-order valence-electron chi connectivity index (χ0n) is 45.1. The Kier molecular flexibility index (Phi) is 31.3. The highest BCUT2D eigenvalue weighted by molar-refractivity contribution is 5.98. The zero-order valence-corrected chi connectivity index (χ0v) is 45.1. The Hall–Kier alpha value is -7.13. The van der Waals surface area contributed by atoms with Gasteiger partial charge in [-0.05, 0) is 70.3 Å². The number of nitrogens with zero attached hydrogens (tertiary/aromatic N) is 1. The molecule has 0 radical (unpaired) electrons. The summed E-state index contributed by atoms with van der Waals surface area (Å²) in [6.45, 7) is 14.1. The number of primary amides is 1. The molecule has 0 saturated heterocycles. The minimum atomic E-state index is -1.75. The summed E-state index contributed by atoms with van der Waals surface area (Å²) in [4.78, 5) is 137. The van der Waals surface area contributed by atoms with Crippen molar-refractivity contribution in [1.82, 2.24) is 42.5 Å². The molecule has 436 valence electrons. The fourth-order valence-electron chi connectivity index (χ4n) is 6.95. The van der Waals surface area contributed by atoms with Crippen molar-refractivity contribution in [1.29, 1.82) is 0 Å². The van der Waals surface area contributed by atoms with Gasteiger partial charge in [0.2, 0.25) is 47.3 Å². The van der Waals surface area contributed by atoms with Crippen molar-refractivity contribution in [2.24, 2.45) is 39.9 Å². The summed E-state index contributed by atoms with van der Waals surface area (Å²) in [7, 11) is 0. The van der Waals surface area contributed by atoms with Gasteiger partial charge in [-0.2, -0.15) is 0 Å². The van der Waals surface area contributed by atoms with E-state index in [0.717, 1.165) is 6.92 Å². The van der Waals surface area contributed by atoms with Crippen LogP contribution in [0.25, 0.3) is 0 Å². The van der Waals surface area contributed by atoms with Crippen LogP contribution in [0.4, 0.5) is 4.79 Å². The Balaban J connectivity index is 0.0000578. The summed E-state index contributed by atoms with van der Waals surface area (Å²) in [5.74, 6) is -10.6. The molecule has 0 aliphatic heterocycles. The minimum Gasteiger partial charge on any atom is -0.459 e. The quantitative estimate of drug-likeness (QED) is 0.0156. The molecular weight excluding hydrogens is 1010 g/mol.